The van der Waals surface area contributed by atoms with Gasteiger partial charge < -0.3 is 10.1 Å². The first-order valence-corrected chi connectivity index (χ1v) is 7.52. The Hall–Kier alpha value is -1.94. The lowest BCUT2D eigenvalue weighted by molar-refractivity contribution is 0.0682. The number of rotatable bonds is 4. The number of methoxy groups -OCH3 is 1. The van der Waals surface area contributed by atoms with Gasteiger partial charge in [-0.3, -0.25) is 0 Å². The summed E-state index contributed by atoms with van der Waals surface area (Å²) in [5.74, 6) is 0.768. The van der Waals surface area contributed by atoms with Crippen molar-refractivity contribution in [3.8, 4) is 11.4 Å². The minimum Gasteiger partial charge on any atom is -0.381 e. The predicted octanol–water partition coefficient (Wildman–Crippen LogP) is 3.51. The molecule has 0 radical (unpaired) electrons. The van der Waals surface area contributed by atoms with Crippen molar-refractivity contribution in [1.29, 1.82) is 0 Å². The summed E-state index contributed by atoms with van der Waals surface area (Å²) in [5, 5.41) is 3.52. The first kappa shape index (κ1) is 14.0. The molecule has 4 heteroatoms. The Labute approximate surface area is 125 Å². The van der Waals surface area contributed by atoms with Gasteiger partial charge in [-0.15, -0.1) is 0 Å². The summed E-state index contributed by atoms with van der Waals surface area (Å²) in [6.07, 6.45) is 8.70. The maximum Gasteiger partial charge on any atom is 0.159 e. The molecule has 1 fully saturated rings. The van der Waals surface area contributed by atoms with Crippen LogP contribution < -0.4 is 5.32 Å². The van der Waals surface area contributed by atoms with Gasteiger partial charge >= 0.3 is 0 Å². The largest absolute Gasteiger partial charge is 0.381 e. The lowest BCUT2D eigenvalue weighted by atomic mass is 9.93. The lowest BCUT2D eigenvalue weighted by Gasteiger charge is -2.28. The molecule has 1 N–H and O–H groups in total. The molecule has 1 saturated carbocycles. The molecule has 21 heavy (non-hydrogen) atoms. The topological polar surface area (TPSA) is 47.0 Å². The van der Waals surface area contributed by atoms with Crippen molar-refractivity contribution in [2.75, 3.05) is 12.4 Å². The van der Waals surface area contributed by atoms with Crippen LogP contribution in [0.2, 0.25) is 0 Å². The molecule has 4 nitrogen and oxygen atoms in total. The smallest absolute Gasteiger partial charge is 0.159 e. The maximum atomic E-state index is 5.40. The third-order valence-corrected chi connectivity index (χ3v) is 4.06. The van der Waals surface area contributed by atoms with Crippen LogP contribution in [0, 0.1) is 0 Å². The van der Waals surface area contributed by atoms with Gasteiger partial charge in [0.25, 0.3) is 0 Å². The fourth-order valence-corrected chi connectivity index (χ4v) is 2.82. The van der Waals surface area contributed by atoms with E-state index in [1.165, 1.54) is 0 Å². The number of hydrogen-bond acceptors (Lipinski definition) is 4. The van der Waals surface area contributed by atoms with E-state index in [1.54, 1.807) is 7.11 Å². The van der Waals surface area contributed by atoms with Crippen molar-refractivity contribution < 1.29 is 4.74 Å². The van der Waals surface area contributed by atoms with Gasteiger partial charge in [0.1, 0.15) is 0 Å². The van der Waals surface area contributed by atoms with Crippen LogP contribution in [0.3, 0.4) is 0 Å². The van der Waals surface area contributed by atoms with Crippen LogP contribution in [0.15, 0.2) is 42.7 Å². The van der Waals surface area contributed by atoms with Gasteiger partial charge in [-0.1, -0.05) is 30.3 Å². The minimum atomic E-state index is 0.430. The Kier molecular flexibility index (Phi) is 4.46. The zero-order valence-electron chi connectivity index (χ0n) is 12.3. The number of aromatic nitrogens is 2. The van der Waals surface area contributed by atoms with Crippen molar-refractivity contribution in [2.45, 2.75) is 37.8 Å². The quantitative estimate of drug-likeness (QED) is 0.932. The molecule has 1 aliphatic rings. The zero-order chi connectivity index (χ0) is 14.5. The summed E-state index contributed by atoms with van der Waals surface area (Å²) in [4.78, 5) is 8.89. The molecule has 0 atom stereocenters. The predicted molar refractivity (Wildman–Crippen MR) is 84.1 cm³/mol. The molecule has 0 unspecified atom stereocenters. The Morgan fingerprint density at radius 2 is 1.67 bits per heavy atom. The van der Waals surface area contributed by atoms with Gasteiger partial charge in [-0.25, -0.2) is 9.97 Å². The SMILES string of the molecule is COC1CCC(Nc2cnc(-c3ccccc3)nc2)CC1. The Balaban J connectivity index is 1.60. The van der Waals surface area contributed by atoms with Crippen molar-refractivity contribution >= 4 is 5.69 Å². The summed E-state index contributed by atoms with van der Waals surface area (Å²) in [5.41, 5.74) is 2.04. The van der Waals surface area contributed by atoms with Crippen LogP contribution in [-0.2, 0) is 4.74 Å². The molecule has 0 amide bonds. The second-order valence-corrected chi connectivity index (χ2v) is 5.52. The molecule has 3 rings (SSSR count). The monoisotopic (exact) mass is 283 g/mol. The third-order valence-electron chi connectivity index (χ3n) is 4.06. The van der Waals surface area contributed by atoms with Gasteiger partial charge in [-0.2, -0.15) is 0 Å². The summed E-state index contributed by atoms with van der Waals surface area (Å²) in [6.45, 7) is 0. The van der Waals surface area contributed by atoms with Crippen LogP contribution in [0.25, 0.3) is 11.4 Å². The molecule has 1 aliphatic carbocycles. The Bertz CT molecular complexity index is 548. The fraction of sp³-hybridized carbons (Fsp3) is 0.412. The second-order valence-electron chi connectivity index (χ2n) is 5.52. The van der Waals surface area contributed by atoms with Crippen molar-refractivity contribution in [3.63, 3.8) is 0 Å². The zero-order valence-corrected chi connectivity index (χ0v) is 12.3. The van der Waals surface area contributed by atoms with E-state index >= 15 is 0 Å². The number of nitrogens with zero attached hydrogens (tertiary/aromatic N) is 2. The van der Waals surface area contributed by atoms with Crippen molar-refractivity contribution in [3.05, 3.63) is 42.7 Å². The highest BCUT2D eigenvalue weighted by atomic mass is 16.5. The number of nitrogens with one attached hydrogen (secondary N) is 1. The highest BCUT2D eigenvalue weighted by molar-refractivity contribution is 5.55. The second kappa shape index (κ2) is 6.68. The third kappa shape index (κ3) is 3.58. The standard InChI is InChI=1S/C17H21N3O/c1-21-16-9-7-14(8-10-16)20-15-11-18-17(19-12-15)13-5-3-2-4-6-13/h2-6,11-12,14,16,20H,7-10H2,1H3. The van der Waals surface area contributed by atoms with Crippen LogP contribution in [-0.4, -0.2) is 29.2 Å². The van der Waals surface area contributed by atoms with Gasteiger partial charge in [0.15, 0.2) is 5.82 Å². The maximum absolute atomic E-state index is 5.40. The van der Waals surface area contributed by atoms with E-state index < -0.39 is 0 Å². The molecule has 0 aliphatic heterocycles. The fourth-order valence-electron chi connectivity index (χ4n) is 2.82. The number of benzene rings is 1. The minimum absolute atomic E-state index is 0.430. The van der Waals surface area contributed by atoms with E-state index in [-0.39, 0.29) is 0 Å². The van der Waals surface area contributed by atoms with E-state index in [4.69, 9.17) is 4.74 Å². The summed E-state index contributed by atoms with van der Waals surface area (Å²) in [7, 11) is 1.80. The van der Waals surface area contributed by atoms with Crippen molar-refractivity contribution in [1.82, 2.24) is 9.97 Å². The van der Waals surface area contributed by atoms with Crippen LogP contribution in [0.4, 0.5) is 5.69 Å². The van der Waals surface area contributed by atoms with Gasteiger partial charge in [0.05, 0.1) is 24.2 Å². The average Bonchev–Trinajstić information content (AvgIpc) is 2.57. The lowest BCUT2D eigenvalue weighted by Crippen LogP contribution is -2.29. The van der Waals surface area contributed by atoms with Crippen LogP contribution in [0.1, 0.15) is 25.7 Å². The van der Waals surface area contributed by atoms with E-state index in [2.05, 4.69) is 15.3 Å². The van der Waals surface area contributed by atoms with Gasteiger partial charge in [0, 0.05) is 18.7 Å². The molecule has 0 bridgehead atoms. The Morgan fingerprint density at radius 3 is 2.29 bits per heavy atom. The van der Waals surface area contributed by atoms with E-state index in [0.717, 1.165) is 42.8 Å². The molecule has 1 heterocycles. The van der Waals surface area contributed by atoms with E-state index in [1.807, 2.05) is 42.7 Å². The highest BCUT2D eigenvalue weighted by Crippen LogP contribution is 2.23. The molecular formula is C17H21N3O. The molecule has 1 aromatic heterocycles. The average molecular weight is 283 g/mol. The van der Waals surface area contributed by atoms with Crippen LogP contribution >= 0.6 is 0 Å². The Morgan fingerprint density at radius 1 is 1.00 bits per heavy atom. The molecule has 2 aromatic rings. The molecule has 1 aromatic carbocycles. The summed E-state index contributed by atoms with van der Waals surface area (Å²) < 4.78 is 5.40. The van der Waals surface area contributed by atoms with Gasteiger partial charge in [0.2, 0.25) is 0 Å². The normalized spacial score (nSPS) is 22.0. The van der Waals surface area contributed by atoms with Crippen molar-refractivity contribution in [2.24, 2.45) is 0 Å². The molecular weight excluding hydrogens is 262 g/mol. The van der Waals surface area contributed by atoms with E-state index in [9.17, 15) is 0 Å². The molecule has 0 spiro atoms. The number of hydrogen-bond donors (Lipinski definition) is 1. The van der Waals surface area contributed by atoms with Crippen LogP contribution in [0.5, 0.6) is 0 Å². The first-order valence-electron chi connectivity index (χ1n) is 7.52. The number of ether oxygens (including phenoxy) is 1. The molecule has 0 saturated heterocycles. The number of anilines is 1. The summed E-state index contributed by atoms with van der Waals surface area (Å²) in [6, 6.07) is 10.5. The highest BCUT2D eigenvalue weighted by Gasteiger charge is 2.20. The summed E-state index contributed by atoms with van der Waals surface area (Å²) >= 11 is 0. The molecule has 110 valence electrons. The van der Waals surface area contributed by atoms with E-state index in [0.29, 0.717) is 12.1 Å². The van der Waals surface area contributed by atoms with Gasteiger partial charge in [-0.05, 0) is 25.7 Å². The first-order chi connectivity index (χ1) is 10.3.